The smallest absolute Gasteiger partial charge is 0.327 e. The van der Waals surface area contributed by atoms with E-state index in [-0.39, 0.29) is 76.8 Å². The van der Waals surface area contributed by atoms with Gasteiger partial charge < -0.3 is 70.0 Å². The second kappa shape index (κ2) is 30.5. The lowest BCUT2D eigenvalue weighted by Gasteiger charge is -2.28. The molecule has 24 nitrogen and oxygen atoms in total. The molecule has 78 heavy (non-hydrogen) atoms. The van der Waals surface area contributed by atoms with Gasteiger partial charge in [-0.25, -0.2) is 0 Å². The van der Waals surface area contributed by atoms with E-state index in [1.54, 1.807) is 54.7 Å². The summed E-state index contributed by atoms with van der Waals surface area (Å²) >= 11 is 6.23. The molecule has 1 aromatic heterocycles. The number of aliphatic imine (C=N–C) groups is 1. The van der Waals surface area contributed by atoms with E-state index in [1.807, 2.05) is 31.2 Å². The summed E-state index contributed by atoms with van der Waals surface area (Å²) in [5.41, 5.74) is 28.3. The summed E-state index contributed by atoms with van der Waals surface area (Å²) in [5, 5.41) is 19.9. The molecule has 3 aromatic carbocycles. The van der Waals surface area contributed by atoms with Crippen molar-refractivity contribution < 1.29 is 48.0 Å². The number of anilines is 1. The van der Waals surface area contributed by atoms with Gasteiger partial charge in [-0.15, -0.1) is 0 Å². The molecule has 1 aliphatic heterocycles. The monoisotopic (exact) mass is 1100 g/mol. The van der Waals surface area contributed by atoms with Crippen molar-refractivity contribution >= 4 is 87.4 Å². The molecule has 8 amide bonds. The lowest BCUT2D eigenvalue weighted by Crippen LogP contribution is -2.61. The van der Waals surface area contributed by atoms with Gasteiger partial charge in [-0.05, 0) is 85.5 Å². The predicted molar refractivity (Wildman–Crippen MR) is 292 cm³/mol. The zero-order valence-corrected chi connectivity index (χ0v) is 44.4. The first kappa shape index (κ1) is 60.6. The minimum Gasteiger partial charge on any atom is -0.399 e. The van der Waals surface area contributed by atoms with Crippen molar-refractivity contribution in [3.8, 4) is 0 Å². The maximum absolute atomic E-state index is 14.8. The Morgan fingerprint density at radius 2 is 1.33 bits per heavy atom. The third-order valence-corrected chi connectivity index (χ3v) is 13.0. The van der Waals surface area contributed by atoms with E-state index in [4.69, 9.17) is 39.4 Å². The average molecular weight is 1100 g/mol. The number of nitrogens with two attached hydrogens (primary N) is 4. The summed E-state index contributed by atoms with van der Waals surface area (Å²) in [6.07, 6.45) is 2.52. The van der Waals surface area contributed by atoms with Crippen LogP contribution in [0.15, 0.2) is 84.0 Å². The minimum atomic E-state index is -1.68. The van der Waals surface area contributed by atoms with E-state index >= 15 is 0 Å². The van der Waals surface area contributed by atoms with Crippen LogP contribution in [0.5, 0.6) is 0 Å². The molecule has 420 valence electrons. The highest BCUT2D eigenvalue weighted by Crippen LogP contribution is 2.20. The van der Waals surface area contributed by atoms with E-state index in [2.05, 4.69) is 52.7 Å². The molecule has 5 rings (SSSR count). The number of aromatic nitrogens is 1. The Hall–Kier alpha value is -8.25. The second-order valence-corrected chi connectivity index (χ2v) is 19.5. The lowest BCUT2D eigenvalue weighted by atomic mass is 10.0. The van der Waals surface area contributed by atoms with Crippen LogP contribution in [0.25, 0.3) is 10.9 Å². The number of nitrogens with zero attached hydrogens (tertiary/aromatic N) is 1. The summed E-state index contributed by atoms with van der Waals surface area (Å²) < 4.78 is 0. The first-order valence-electron chi connectivity index (χ1n) is 25.8. The number of unbranched alkanes of at least 4 members (excludes halogenated alkanes) is 1. The lowest BCUT2D eigenvalue weighted by molar-refractivity contribution is -0.153. The molecule has 1 saturated heterocycles. The number of rotatable bonds is 17. The van der Waals surface area contributed by atoms with Crippen molar-refractivity contribution in [1.29, 1.82) is 0 Å². The highest BCUT2D eigenvalue weighted by molar-refractivity contribution is 6.30. The number of hydrogen-bond donors (Lipinski definition) is 13. The number of nitrogens with one attached hydrogen (secondary N) is 9. The number of hydrogen-bond acceptors (Lipinski definition) is 13. The minimum absolute atomic E-state index is 0.0343. The Labute approximate surface area is 456 Å². The fourth-order valence-corrected chi connectivity index (χ4v) is 8.73. The van der Waals surface area contributed by atoms with Crippen LogP contribution in [0.3, 0.4) is 0 Å². The number of carbonyl (C=O) groups excluding carboxylic acids is 9. The Kier molecular flexibility index (Phi) is 23.7. The van der Waals surface area contributed by atoms with Gasteiger partial charge in [0.1, 0.15) is 42.3 Å². The third-order valence-electron chi connectivity index (χ3n) is 12.8. The van der Waals surface area contributed by atoms with Gasteiger partial charge in [0.15, 0.2) is 5.96 Å². The summed E-state index contributed by atoms with van der Waals surface area (Å²) in [6.45, 7) is 3.19. The Morgan fingerprint density at radius 1 is 0.744 bits per heavy atom. The Balaban J connectivity index is 1.57. The predicted octanol–water partition coefficient (Wildman–Crippen LogP) is 0.196. The molecule has 0 saturated carbocycles. The van der Waals surface area contributed by atoms with Gasteiger partial charge in [0.05, 0.1) is 6.42 Å². The van der Waals surface area contributed by atoms with Crippen LogP contribution < -0.4 is 65.6 Å². The quantitative estimate of drug-likeness (QED) is 0.0291. The molecular weight excluding hydrogens is 1030 g/mol. The summed E-state index contributed by atoms with van der Waals surface area (Å²) in [7, 11) is 0. The molecule has 0 aliphatic carbocycles. The number of H-pyrrole nitrogens is 1. The van der Waals surface area contributed by atoms with Gasteiger partial charge in [0.2, 0.25) is 47.3 Å². The molecule has 0 bridgehead atoms. The van der Waals surface area contributed by atoms with Crippen molar-refractivity contribution in [3.05, 3.63) is 101 Å². The Morgan fingerprint density at radius 3 is 1.96 bits per heavy atom. The van der Waals surface area contributed by atoms with Crippen molar-refractivity contribution in [2.24, 2.45) is 22.2 Å². The SMILES string of the molecule is CCCC[C@H](NC(C)=O)C(=O)N[C@H]1CC(=O)ONCCCC[C@@H](C(N)=O)NC(=O)[C@H](Cc2c[nH]c3ccccc23)NC(=O)[C@H](CCCN=C(N)N)NC(=O)[C@@H](Cc2ccc(Cl)cc2)NC(=O)[C@H](Cc2ccc(N)cc2)NC1=O. The standard InChI is InChI=1S/C53H71ClN14O10/c1-3-4-11-39(62-30(2)69)47(72)68-44-28-45(70)78-61-24-8-7-13-38(46(56)71)63-51(76)43(27-33-29-60-37-12-6-5-10-36(33)37)67-48(73)40(14-9-23-59-53(57)58)64-49(74)41(25-31-15-19-34(54)20-16-31)65-50(75)42(66-52(44)77)26-32-17-21-35(55)22-18-32/h5-6,10,12,15-22,29,38-44,60-61H,3-4,7-9,11,13-14,23-28,55H2,1-2H3,(H2,56,71)(H,62,69)(H,63,76)(H,64,74)(H,65,75)(H,66,77)(H,67,73)(H,68,72)(H4,57,58,59)/t38-,39-,40-,41+,42-,43-,44-/m0/s1. The number of aromatic amines is 1. The van der Waals surface area contributed by atoms with Crippen LogP contribution in [0, 0.1) is 0 Å². The van der Waals surface area contributed by atoms with Crippen LogP contribution in [-0.2, 0) is 67.3 Å². The van der Waals surface area contributed by atoms with Crippen molar-refractivity contribution in [3.63, 3.8) is 0 Å². The normalized spacial score (nSPS) is 21.0. The first-order valence-corrected chi connectivity index (χ1v) is 26.2. The number of hydroxylamine groups is 1. The number of fused-ring (bicyclic) bond motifs is 1. The number of carbonyl (C=O) groups is 9. The molecule has 25 heteroatoms. The maximum atomic E-state index is 14.8. The number of guanidine groups is 1. The molecule has 0 unspecified atom stereocenters. The molecule has 2 heterocycles. The molecule has 1 fully saturated rings. The second-order valence-electron chi connectivity index (χ2n) is 19.0. The summed E-state index contributed by atoms with van der Waals surface area (Å²) in [4.78, 5) is 138. The molecule has 4 aromatic rings. The van der Waals surface area contributed by atoms with Crippen LogP contribution in [0.2, 0.25) is 5.02 Å². The zero-order valence-electron chi connectivity index (χ0n) is 43.7. The van der Waals surface area contributed by atoms with Crippen molar-refractivity contribution in [2.75, 3.05) is 18.8 Å². The summed E-state index contributed by atoms with van der Waals surface area (Å²) in [5.74, 6) is -7.71. The third kappa shape index (κ3) is 19.7. The van der Waals surface area contributed by atoms with Crippen LogP contribution in [-0.4, -0.2) is 120 Å². The van der Waals surface area contributed by atoms with Gasteiger partial charge in [-0.1, -0.05) is 73.8 Å². The summed E-state index contributed by atoms with van der Waals surface area (Å²) in [6, 6.07) is 10.4. The molecule has 1 aliphatic rings. The van der Waals surface area contributed by atoms with Gasteiger partial charge >= 0.3 is 5.97 Å². The largest absolute Gasteiger partial charge is 0.399 e. The highest BCUT2D eigenvalue weighted by atomic mass is 35.5. The molecule has 7 atom stereocenters. The molecule has 0 spiro atoms. The first-order chi connectivity index (χ1) is 37.3. The highest BCUT2D eigenvalue weighted by Gasteiger charge is 2.35. The van der Waals surface area contributed by atoms with Crippen molar-refractivity contribution in [1.82, 2.24) is 47.7 Å². The van der Waals surface area contributed by atoms with Gasteiger partial charge in [0.25, 0.3) is 0 Å². The van der Waals surface area contributed by atoms with Crippen LogP contribution in [0.1, 0.15) is 88.3 Å². The molecular formula is C53H71ClN14O10. The van der Waals surface area contributed by atoms with E-state index < -0.39 is 102 Å². The van der Waals surface area contributed by atoms with E-state index in [0.29, 0.717) is 40.2 Å². The maximum Gasteiger partial charge on any atom is 0.327 e. The van der Waals surface area contributed by atoms with E-state index in [0.717, 1.165) is 10.9 Å². The fraction of sp³-hybridized carbons (Fsp3) is 0.434. The van der Waals surface area contributed by atoms with Gasteiger partial charge in [0, 0.05) is 67.1 Å². The van der Waals surface area contributed by atoms with E-state index in [1.165, 1.54) is 6.92 Å². The van der Waals surface area contributed by atoms with E-state index in [9.17, 15) is 43.2 Å². The number of para-hydroxylation sites is 1. The number of halogens is 1. The van der Waals surface area contributed by atoms with Gasteiger partial charge in [-0.2, -0.15) is 5.48 Å². The number of nitrogen functional groups attached to an aromatic ring is 1. The molecule has 17 N–H and O–H groups in total. The topological polar surface area (TPSA) is 391 Å². The zero-order chi connectivity index (χ0) is 56.7. The molecule has 0 radical (unpaired) electrons. The van der Waals surface area contributed by atoms with Crippen molar-refractivity contribution in [2.45, 2.75) is 133 Å². The number of primary amides is 1. The Bertz CT molecular complexity index is 2750. The van der Waals surface area contributed by atoms with Crippen LogP contribution >= 0.6 is 11.6 Å². The van der Waals surface area contributed by atoms with Crippen LogP contribution in [0.4, 0.5) is 5.69 Å². The number of amides is 8. The average Bonchev–Trinajstić information content (AvgIpc) is 3.81. The fourth-order valence-electron chi connectivity index (χ4n) is 8.60. The van der Waals surface area contributed by atoms with Gasteiger partial charge in [-0.3, -0.25) is 48.1 Å². The number of benzene rings is 3.